The minimum absolute atomic E-state index is 0.00511. The number of rotatable bonds is 8. The van der Waals surface area contributed by atoms with E-state index in [-0.39, 0.29) is 6.04 Å². The van der Waals surface area contributed by atoms with Crippen LogP contribution in [0.25, 0.3) is 10.9 Å². The van der Waals surface area contributed by atoms with Crippen LogP contribution in [0.2, 0.25) is 5.02 Å². The lowest BCUT2D eigenvalue weighted by atomic mass is 9.94. The molecule has 0 aliphatic carbocycles. The van der Waals surface area contributed by atoms with Gasteiger partial charge < -0.3 is 15.2 Å². The van der Waals surface area contributed by atoms with Gasteiger partial charge in [-0.25, -0.2) is 4.98 Å². The van der Waals surface area contributed by atoms with Crippen molar-refractivity contribution in [1.29, 1.82) is 0 Å². The van der Waals surface area contributed by atoms with Crippen LogP contribution in [-0.4, -0.2) is 32.6 Å². The Balaban J connectivity index is 1.70. The van der Waals surface area contributed by atoms with Gasteiger partial charge in [-0.3, -0.25) is 15.0 Å². The Morgan fingerprint density at radius 1 is 1.06 bits per heavy atom. The van der Waals surface area contributed by atoms with Crippen LogP contribution in [0, 0.1) is 0 Å². The van der Waals surface area contributed by atoms with E-state index in [9.17, 15) is 5.11 Å². The van der Waals surface area contributed by atoms with Crippen LogP contribution in [0.15, 0.2) is 72.2 Å². The first kappa shape index (κ1) is 21.3. The number of anilines is 1. The van der Waals surface area contributed by atoms with Crippen molar-refractivity contribution in [3.05, 3.63) is 89.0 Å². The molecule has 8 heteroatoms. The van der Waals surface area contributed by atoms with Gasteiger partial charge in [0.05, 0.1) is 17.3 Å². The van der Waals surface area contributed by atoms with E-state index in [0.29, 0.717) is 28.5 Å². The molecule has 0 saturated heterocycles. The monoisotopic (exact) mass is 459 g/mol. The number of hydrogen-bond acceptors (Lipinski definition) is 7. The van der Waals surface area contributed by atoms with E-state index in [4.69, 9.17) is 16.3 Å². The Labute approximate surface area is 196 Å². The van der Waals surface area contributed by atoms with Gasteiger partial charge >= 0.3 is 0 Å². The molecule has 0 bridgehead atoms. The minimum Gasteiger partial charge on any atom is -0.462 e. The van der Waals surface area contributed by atoms with Crippen LogP contribution in [0.5, 0.6) is 5.75 Å². The minimum atomic E-state index is -0.977. The smallest absolute Gasteiger partial charge is 0.197 e. The van der Waals surface area contributed by atoms with Crippen molar-refractivity contribution in [3.8, 4) is 5.75 Å². The number of nitrogens with zero attached hydrogens (tertiary/aromatic N) is 4. The fourth-order valence-electron chi connectivity index (χ4n) is 3.77. The second-order valence-electron chi connectivity index (χ2n) is 7.70. The summed E-state index contributed by atoms with van der Waals surface area (Å²) in [6, 6.07) is 13.2. The summed E-state index contributed by atoms with van der Waals surface area (Å²) in [5.41, 5.74) is 3.21. The molecule has 0 spiro atoms. The second-order valence-corrected chi connectivity index (χ2v) is 8.08. The van der Waals surface area contributed by atoms with Crippen LogP contribution in [-0.2, 0) is 0 Å². The number of aliphatic hydroxyl groups is 1. The van der Waals surface area contributed by atoms with Gasteiger partial charge in [0.25, 0.3) is 0 Å². The SMILES string of the molecule is CCC(O)Oc1c(C(Nc2cnccn2)c2cccc(C3C=N3)c2Cl)ccc2cccnc12. The maximum Gasteiger partial charge on any atom is 0.197 e. The molecule has 3 atom stereocenters. The van der Waals surface area contributed by atoms with E-state index in [1.807, 2.05) is 55.6 Å². The van der Waals surface area contributed by atoms with Crippen molar-refractivity contribution in [2.45, 2.75) is 31.7 Å². The summed E-state index contributed by atoms with van der Waals surface area (Å²) in [6.45, 7) is 1.86. The number of halogens is 1. The molecule has 166 valence electrons. The summed E-state index contributed by atoms with van der Waals surface area (Å²) in [7, 11) is 0. The number of hydrogen-bond donors (Lipinski definition) is 2. The number of fused-ring (bicyclic) bond motifs is 1. The standard InChI is InChI=1S/C25H22ClN5O2/c1-2-21(32)33-25-18(9-8-15-5-4-10-29-23(15)25)24(31-20-14-27-11-12-28-20)17-7-3-6-16(22(17)26)19-13-30-19/h3-14,19,21,24,32H,2H2,1H3,(H,28,31). The molecule has 5 rings (SSSR count). The molecule has 0 saturated carbocycles. The Hall–Kier alpha value is -3.55. The Bertz CT molecular complexity index is 1310. The summed E-state index contributed by atoms with van der Waals surface area (Å²) < 4.78 is 6.03. The molecule has 3 unspecified atom stereocenters. The zero-order valence-corrected chi connectivity index (χ0v) is 18.6. The first-order valence-electron chi connectivity index (χ1n) is 10.7. The molecule has 2 aromatic heterocycles. The lowest BCUT2D eigenvalue weighted by Crippen LogP contribution is -2.19. The zero-order chi connectivity index (χ0) is 22.8. The molecule has 0 amide bonds. The van der Waals surface area contributed by atoms with E-state index in [1.54, 1.807) is 24.8 Å². The molecule has 1 aliphatic heterocycles. The lowest BCUT2D eigenvalue weighted by molar-refractivity contribution is -0.0188. The van der Waals surface area contributed by atoms with Crippen LogP contribution in [0.1, 0.15) is 42.1 Å². The number of pyridine rings is 1. The topological polar surface area (TPSA) is 92.5 Å². The van der Waals surface area contributed by atoms with E-state index in [2.05, 4.69) is 25.3 Å². The molecule has 7 nitrogen and oxygen atoms in total. The lowest BCUT2D eigenvalue weighted by Gasteiger charge is -2.26. The van der Waals surface area contributed by atoms with Gasteiger partial charge in [0.1, 0.15) is 17.4 Å². The largest absolute Gasteiger partial charge is 0.462 e. The van der Waals surface area contributed by atoms with Crippen molar-refractivity contribution in [1.82, 2.24) is 15.0 Å². The highest BCUT2D eigenvalue weighted by molar-refractivity contribution is 6.32. The van der Waals surface area contributed by atoms with Gasteiger partial charge in [-0.15, -0.1) is 0 Å². The third kappa shape index (κ3) is 4.37. The molecule has 4 aromatic rings. The zero-order valence-electron chi connectivity index (χ0n) is 17.9. The van der Waals surface area contributed by atoms with E-state index in [1.165, 1.54) is 0 Å². The average molecular weight is 460 g/mol. The van der Waals surface area contributed by atoms with Gasteiger partial charge in [-0.05, 0) is 11.6 Å². The number of nitrogens with one attached hydrogen (secondary N) is 1. The van der Waals surface area contributed by atoms with Crippen molar-refractivity contribution in [2.75, 3.05) is 5.32 Å². The van der Waals surface area contributed by atoms with E-state index >= 15 is 0 Å². The molecule has 3 heterocycles. The summed E-state index contributed by atoms with van der Waals surface area (Å²) in [6.07, 6.45) is 7.91. The fraction of sp³-hybridized carbons (Fsp3) is 0.200. The van der Waals surface area contributed by atoms with Crippen LogP contribution in [0.4, 0.5) is 5.82 Å². The Morgan fingerprint density at radius 2 is 1.94 bits per heavy atom. The normalized spacial score (nSPS) is 16.4. The maximum atomic E-state index is 10.4. The molecule has 1 aliphatic rings. The molecular weight excluding hydrogens is 438 g/mol. The quantitative estimate of drug-likeness (QED) is 0.355. The van der Waals surface area contributed by atoms with Crippen LogP contribution >= 0.6 is 11.6 Å². The predicted octanol–water partition coefficient (Wildman–Crippen LogP) is 5.11. The number of ether oxygens (including phenoxy) is 1. The van der Waals surface area contributed by atoms with Crippen LogP contribution in [0.3, 0.4) is 0 Å². The molecular formula is C25H22ClN5O2. The highest BCUT2D eigenvalue weighted by atomic mass is 35.5. The third-order valence-electron chi connectivity index (χ3n) is 5.51. The van der Waals surface area contributed by atoms with Crippen molar-refractivity contribution < 1.29 is 9.84 Å². The fourth-order valence-corrected chi connectivity index (χ4v) is 4.12. The first-order chi connectivity index (χ1) is 16.2. The maximum absolute atomic E-state index is 10.4. The number of benzene rings is 2. The Morgan fingerprint density at radius 3 is 2.70 bits per heavy atom. The number of aliphatic imine (C=N–C) groups is 1. The van der Waals surface area contributed by atoms with Gasteiger partial charge in [-0.2, -0.15) is 0 Å². The van der Waals surface area contributed by atoms with Gasteiger partial charge in [-0.1, -0.05) is 54.9 Å². The molecule has 33 heavy (non-hydrogen) atoms. The van der Waals surface area contributed by atoms with Crippen molar-refractivity contribution in [3.63, 3.8) is 0 Å². The van der Waals surface area contributed by atoms with Gasteiger partial charge in [0, 0.05) is 47.7 Å². The van der Waals surface area contributed by atoms with Gasteiger partial charge in [0.15, 0.2) is 12.0 Å². The number of aliphatic hydroxyl groups excluding tert-OH is 1. The van der Waals surface area contributed by atoms with E-state index in [0.717, 1.165) is 22.1 Å². The average Bonchev–Trinajstić information content (AvgIpc) is 3.69. The molecule has 0 radical (unpaired) electrons. The molecule has 0 fully saturated rings. The molecule has 2 aromatic carbocycles. The predicted molar refractivity (Wildman–Crippen MR) is 129 cm³/mol. The summed E-state index contributed by atoms with van der Waals surface area (Å²) in [4.78, 5) is 17.4. The summed E-state index contributed by atoms with van der Waals surface area (Å²) in [5, 5.41) is 15.4. The number of aromatic nitrogens is 3. The Kier molecular flexibility index (Phi) is 5.90. The summed E-state index contributed by atoms with van der Waals surface area (Å²) in [5.74, 6) is 1.07. The van der Waals surface area contributed by atoms with Crippen molar-refractivity contribution >= 4 is 34.5 Å². The van der Waals surface area contributed by atoms with Gasteiger partial charge in [0.2, 0.25) is 0 Å². The molecule has 2 N–H and O–H groups in total. The highest BCUT2D eigenvalue weighted by Crippen LogP contribution is 2.42. The first-order valence-corrected chi connectivity index (χ1v) is 11.1. The third-order valence-corrected chi connectivity index (χ3v) is 5.95. The van der Waals surface area contributed by atoms with Crippen LogP contribution < -0.4 is 10.1 Å². The highest BCUT2D eigenvalue weighted by Gasteiger charge is 2.28. The van der Waals surface area contributed by atoms with Crippen molar-refractivity contribution in [2.24, 2.45) is 4.99 Å². The second kappa shape index (κ2) is 9.13. The summed E-state index contributed by atoms with van der Waals surface area (Å²) >= 11 is 6.90. The van der Waals surface area contributed by atoms with E-state index < -0.39 is 12.3 Å².